The summed E-state index contributed by atoms with van der Waals surface area (Å²) in [5.74, 6) is 0.247. The van der Waals surface area contributed by atoms with Gasteiger partial charge in [0.25, 0.3) is 0 Å². The second kappa shape index (κ2) is 7.33. The number of rotatable bonds is 5. The van der Waals surface area contributed by atoms with Crippen LogP contribution >= 0.6 is 0 Å². The summed E-state index contributed by atoms with van der Waals surface area (Å²) in [5, 5.41) is 30.2. The number of aliphatic hydroxyl groups is 3. The number of hydrogen-bond donors (Lipinski definition) is 3. The van der Waals surface area contributed by atoms with Crippen LogP contribution in [0.4, 0.5) is 0 Å². The molecule has 5 atom stereocenters. The molecular formula is C16H24O5. The SMILES string of the molecule is CC(C)C[C@H](O)[C@@H](O)[C@@H]1OC(c2ccccc2)OCC1O. The van der Waals surface area contributed by atoms with Crippen molar-refractivity contribution in [1.82, 2.24) is 0 Å². The quantitative estimate of drug-likeness (QED) is 0.761. The molecule has 0 amide bonds. The van der Waals surface area contributed by atoms with Gasteiger partial charge in [-0.2, -0.15) is 0 Å². The highest BCUT2D eigenvalue weighted by atomic mass is 16.7. The average Bonchev–Trinajstić information content (AvgIpc) is 2.47. The van der Waals surface area contributed by atoms with E-state index in [9.17, 15) is 15.3 Å². The molecule has 1 aromatic carbocycles. The Kier molecular flexibility index (Phi) is 5.72. The topological polar surface area (TPSA) is 79.2 Å². The lowest BCUT2D eigenvalue weighted by Crippen LogP contribution is -2.51. The third-order valence-corrected chi connectivity index (χ3v) is 3.59. The largest absolute Gasteiger partial charge is 0.390 e. The zero-order chi connectivity index (χ0) is 15.4. The van der Waals surface area contributed by atoms with Crippen LogP contribution in [0.15, 0.2) is 30.3 Å². The highest BCUT2D eigenvalue weighted by molar-refractivity contribution is 5.16. The maximum Gasteiger partial charge on any atom is 0.184 e. The molecule has 5 heteroatoms. The second-order valence-electron chi connectivity index (χ2n) is 5.93. The van der Waals surface area contributed by atoms with Gasteiger partial charge < -0.3 is 24.8 Å². The lowest BCUT2D eigenvalue weighted by Gasteiger charge is -2.38. The van der Waals surface area contributed by atoms with Gasteiger partial charge in [-0.05, 0) is 12.3 Å². The van der Waals surface area contributed by atoms with Crippen molar-refractivity contribution in [2.24, 2.45) is 5.92 Å². The Morgan fingerprint density at radius 1 is 1.19 bits per heavy atom. The van der Waals surface area contributed by atoms with Crippen molar-refractivity contribution >= 4 is 0 Å². The smallest absolute Gasteiger partial charge is 0.184 e. The third-order valence-electron chi connectivity index (χ3n) is 3.59. The zero-order valence-electron chi connectivity index (χ0n) is 12.4. The van der Waals surface area contributed by atoms with E-state index in [-0.39, 0.29) is 12.5 Å². The lowest BCUT2D eigenvalue weighted by atomic mass is 9.95. The van der Waals surface area contributed by atoms with Gasteiger partial charge in [0.15, 0.2) is 6.29 Å². The molecule has 0 aromatic heterocycles. The molecular weight excluding hydrogens is 272 g/mol. The van der Waals surface area contributed by atoms with Crippen LogP contribution in [0.3, 0.4) is 0 Å². The molecule has 5 nitrogen and oxygen atoms in total. The first-order chi connectivity index (χ1) is 9.99. The van der Waals surface area contributed by atoms with Gasteiger partial charge >= 0.3 is 0 Å². The fourth-order valence-corrected chi connectivity index (χ4v) is 2.49. The first-order valence-electron chi connectivity index (χ1n) is 7.35. The van der Waals surface area contributed by atoms with E-state index in [1.807, 2.05) is 44.2 Å². The Labute approximate surface area is 125 Å². The van der Waals surface area contributed by atoms with Crippen molar-refractivity contribution in [1.29, 1.82) is 0 Å². The summed E-state index contributed by atoms with van der Waals surface area (Å²) in [5.41, 5.74) is 0.819. The monoisotopic (exact) mass is 296 g/mol. The molecule has 118 valence electrons. The Bertz CT molecular complexity index is 422. The summed E-state index contributed by atoms with van der Waals surface area (Å²) >= 11 is 0. The second-order valence-corrected chi connectivity index (χ2v) is 5.93. The molecule has 1 aliphatic rings. The summed E-state index contributed by atoms with van der Waals surface area (Å²) in [7, 11) is 0. The fourth-order valence-electron chi connectivity index (χ4n) is 2.49. The van der Waals surface area contributed by atoms with Gasteiger partial charge in [-0.15, -0.1) is 0 Å². The van der Waals surface area contributed by atoms with Gasteiger partial charge in [-0.25, -0.2) is 0 Å². The molecule has 1 heterocycles. The molecule has 0 aliphatic carbocycles. The fraction of sp³-hybridized carbons (Fsp3) is 0.625. The summed E-state index contributed by atoms with van der Waals surface area (Å²) in [4.78, 5) is 0. The van der Waals surface area contributed by atoms with E-state index in [1.54, 1.807) is 0 Å². The number of hydrogen-bond acceptors (Lipinski definition) is 5. The van der Waals surface area contributed by atoms with E-state index in [4.69, 9.17) is 9.47 Å². The number of ether oxygens (including phenoxy) is 2. The van der Waals surface area contributed by atoms with Crippen molar-refractivity contribution in [3.8, 4) is 0 Å². The molecule has 0 bridgehead atoms. The van der Waals surface area contributed by atoms with E-state index in [0.29, 0.717) is 6.42 Å². The highest BCUT2D eigenvalue weighted by Gasteiger charge is 2.39. The standard InChI is InChI=1S/C16H24O5/c1-10(2)8-12(17)14(19)15-13(18)9-20-16(21-15)11-6-4-3-5-7-11/h3-7,10,12-19H,8-9H2,1-2H3/t12-,13?,14+,15+,16?/m0/s1. The van der Waals surface area contributed by atoms with Crippen LogP contribution in [0, 0.1) is 5.92 Å². The molecule has 0 radical (unpaired) electrons. The number of aliphatic hydroxyl groups excluding tert-OH is 3. The van der Waals surface area contributed by atoms with Gasteiger partial charge in [-0.3, -0.25) is 0 Å². The summed E-state index contributed by atoms with van der Waals surface area (Å²) in [6.45, 7) is 3.99. The van der Waals surface area contributed by atoms with Crippen LogP contribution < -0.4 is 0 Å². The van der Waals surface area contributed by atoms with E-state index in [1.165, 1.54) is 0 Å². The van der Waals surface area contributed by atoms with Crippen LogP contribution in [-0.4, -0.2) is 46.3 Å². The molecule has 2 rings (SSSR count). The summed E-state index contributed by atoms with van der Waals surface area (Å²) < 4.78 is 11.1. The molecule has 3 N–H and O–H groups in total. The Hall–Kier alpha value is -0.980. The molecule has 1 fully saturated rings. The Balaban J connectivity index is 2.04. The van der Waals surface area contributed by atoms with Gasteiger partial charge in [-0.1, -0.05) is 44.2 Å². The van der Waals surface area contributed by atoms with E-state index in [0.717, 1.165) is 5.56 Å². The van der Waals surface area contributed by atoms with Crippen molar-refractivity contribution in [2.45, 2.75) is 51.0 Å². The van der Waals surface area contributed by atoms with E-state index in [2.05, 4.69) is 0 Å². The summed E-state index contributed by atoms with van der Waals surface area (Å²) in [6.07, 6.45) is -4.08. The van der Waals surface area contributed by atoms with Crippen LogP contribution in [0.2, 0.25) is 0 Å². The van der Waals surface area contributed by atoms with Crippen molar-refractivity contribution in [2.75, 3.05) is 6.61 Å². The summed E-state index contributed by atoms with van der Waals surface area (Å²) in [6, 6.07) is 9.34. The van der Waals surface area contributed by atoms with Gasteiger partial charge in [0.1, 0.15) is 18.3 Å². The van der Waals surface area contributed by atoms with Crippen molar-refractivity contribution in [3.05, 3.63) is 35.9 Å². The molecule has 1 aliphatic heterocycles. The lowest BCUT2D eigenvalue weighted by molar-refractivity contribution is -0.283. The minimum Gasteiger partial charge on any atom is -0.390 e. The molecule has 21 heavy (non-hydrogen) atoms. The minimum absolute atomic E-state index is 0.0652. The highest BCUT2D eigenvalue weighted by Crippen LogP contribution is 2.29. The van der Waals surface area contributed by atoms with Crippen molar-refractivity contribution < 1.29 is 24.8 Å². The maximum absolute atomic E-state index is 10.2. The number of benzene rings is 1. The zero-order valence-corrected chi connectivity index (χ0v) is 12.4. The van der Waals surface area contributed by atoms with Crippen LogP contribution in [0.1, 0.15) is 32.1 Å². The van der Waals surface area contributed by atoms with Crippen LogP contribution in [0.25, 0.3) is 0 Å². The Morgan fingerprint density at radius 2 is 1.86 bits per heavy atom. The molecule has 0 spiro atoms. The first kappa shape index (κ1) is 16.4. The molecule has 2 unspecified atom stereocenters. The molecule has 1 aromatic rings. The molecule has 0 saturated carbocycles. The van der Waals surface area contributed by atoms with Gasteiger partial charge in [0.2, 0.25) is 0 Å². The van der Waals surface area contributed by atoms with Crippen LogP contribution in [-0.2, 0) is 9.47 Å². The van der Waals surface area contributed by atoms with Gasteiger partial charge in [0.05, 0.1) is 12.7 Å². The first-order valence-corrected chi connectivity index (χ1v) is 7.35. The third kappa shape index (κ3) is 4.25. The van der Waals surface area contributed by atoms with Crippen molar-refractivity contribution in [3.63, 3.8) is 0 Å². The van der Waals surface area contributed by atoms with Gasteiger partial charge in [0, 0.05) is 5.56 Å². The average molecular weight is 296 g/mol. The minimum atomic E-state index is -1.14. The normalized spacial score (nSPS) is 29.3. The predicted octanol–water partition coefficient (Wildman–Crippen LogP) is 1.23. The van der Waals surface area contributed by atoms with Crippen LogP contribution in [0.5, 0.6) is 0 Å². The van der Waals surface area contributed by atoms with E-state index >= 15 is 0 Å². The van der Waals surface area contributed by atoms with E-state index < -0.39 is 30.7 Å². The maximum atomic E-state index is 10.2. The molecule has 1 saturated heterocycles. The predicted molar refractivity (Wildman–Crippen MR) is 77.5 cm³/mol. The Morgan fingerprint density at radius 3 is 2.48 bits per heavy atom.